The van der Waals surface area contributed by atoms with Crippen LogP contribution in [-0.2, 0) is 16.6 Å². The van der Waals surface area contributed by atoms with Crippen LogP contribution in [0.15, 0.2) is 16.3 Å². The Balaban J connectivity index is 2.27. The zero-order valence-corrected chi connectivity index (χ0v) is 12.9. The minimum atomic E-state index is -3.43. The fourth-order valence-corrected chi connectivity index (χ4v) is 5.41. The van der Waals surface area contributed by atoms with Gasteiger partial charge in [0.25, 0.3) is 10.0 Å². The van der Waals surface area contributed by atoms with Crippen LogP contribution in [0.1, 0.15) is 18.2 Å². The Hall–Kier alpha value is -0.470. The smallest absolute Gasteiger partial charge is 0.252 e. The average molecular weight is 304 g/mol. The van der Waals surface area contributed by atoms with E-state index in [0.717, 1.165) is 30.8 Å². The summed E-state index contributed by atoms with van der Waals surface area (Å²) in [7, 11) is -1.42. The van der Waals surface area contributed by atoms with Crippen LogP contribution in [0.3, 0.4) is 0 Å². The maximum absolute atomic E-state index is 12.6. The highest BCUT2D eigenvalue weighted by Crippen LogP contribution is 2.27. The third-order valence-corrected chi connectivity index (χ3v) is 6.89. The topological polar surface area (TPSA) is 60.9 Å². The van der Waals surface area contributed by atoms with Crippen molar-refractivity contribution >= 4 is 21.4 Å². The number of aliphatic hydroxyl groups is 1. The first-order valence-electron chi connectivity index (χ1n) is 6.35. The molecule has 1 aromatic heterocycles. The van der Waals surface area contributed by atoms with E-state index in [4.69, 9.17) is 5.11 Å². The number of sulfonamides is 1. The molecule has 7 heteroatoms. The van der Waals surface area contributed by atoms with Gasteiger partial charge in [-0.15, -0.1) is 11.3 Å². The van der Waals surface area contributed by atoms with Gasteiger partial charge < -0.3 is 10.0 Å². The van der Waals surface area contributed by atoms with Gasteiger partial charge in [0.2, 0.25) is 0 Å². The molecule has 1 fully saturated rings. The van der Waals surface area contributed by atoms with E-state index in [1.807, 2.05) is 14.0 Å². The van der Waals surface area contributed by atoms with Gasteiger partial charge in [-0.1, -0.05) is 0 Å². The number of hydrogen-bond acceptors (Lipinski definition) is 5. The zero-order chi connectivity index (χ0) is 14.0. The lowest BCUT2D eigenvalue weighted by Crippen LogP contribution is -2.41. The molecule has 1 aliphatic rings. The van der Waals surface area contributed by atoms with Crippen molar-refractivity contribution in [2.45, 2.75) is 30.2 Å². The first-order valence-corrected chi connectivity index (χ1v) is 8.60. The standard InChI is InChI=1S/C12H20N2O3S2/c1-10-8-13(2)6-3-7-14(10)19(16,17)12-5-4-11(9-15)18-12/h4-5,10,15H,3,6-9H2,1-2H3. The molecule has 108 valence electrons. The van der Waals surface area contributed by atoms with Crippen LogP contribution in [0.4, 0.5) is 0 Å². The lowest BCUT2D eigenvalue weighted by Gasteiger charge is -2.26. The second-order valence-electron chi connectivity index (χ2n) is 4.96. The van der Waals surface area contributed by atoms with Crippen molar-refractivity contribution in [2.75, 3.05) is 26.7 Å². The highest BCUT2D eigenvalue weighted by atomic mass is 32.2. The van der Waals surface area contributed by atoms with Gasteiger partial charge in [-0.3, -0.25) is 0 Å². The van der Waals surface area contributed by atoms with Crippen LogP contribution >= 0.6 is 11.3 Å². The molecule has 2 rings (SSSR count). The van der Waals surface area contributed by atoms with Gasteiger partial charge in [-0.25, -0.2) is 8.42 Å². The molecule has 0 aliphatic carbocycles. The van der Waals surface area contributed by atoms with Gasteiger partial charge in [-0.05, 0) is 39.1 Å². The summed E-state index contributed by atoms with van der Waals surface area (Å²) in [6, 6.07) is 3.23. The zero-order valence-electron chi connectivity index (χ0n) is 11.2. The molecule has 0 amide bonds. The summed E-state index contributed by atoms with van der Waals surface area (Å²) < 4.78 is 27.2. The fraction of sp³-hybridized carbons (Fsp3) is 0.667. The fourth-order valence-electron chi connectivity index (χ4n) is 2.40. The second kappa shape index (κ2) is 5.88. The Bertz CT molecular complexity index is 527. The number of nitrogens with zero attached hydrogens (tertiary/aromatic N) is 2. The molecule has 1 saturated heterocycles. The highest BCUT2D eigenvalue weighted by Gasteiger charge is 2.32. The SMILES string of the molecule is CC1CN(C)CCCN1S(=O)(=O)c1ccc(CO)s1. The quantitative estimate of drug-likeness (QED) is 0.903. The van der Waals surface area contributed by atoms with Gasteiger partial charge >= 0.3 is 0 Å². The Labute approximate surface area is 118 Å². The maximum atomic E-state index is 12.6. The normalized spacial score (nSPS) is 23.4. The number of rotatable bonds is 3. The molecule has 0 aromatic carbocycles. The Kier molecular flexibility index (Phi) is 4.62. The summed E-state index contributed by atoms with van der Waals surface area (Å²) in [5.74, 6) is 0. The van der Waals surface area contributed by atoms with E-state index < -0.39 is 10.0 Å². The Morgan fingerprint density at radius 3 is 2.79 bits per heavy atom. The number of thiophene rings is 1. The molecule has 0 radical (unpaired) electrons. The van der Waals surface area contributed by atoms with Crippen molar-refractivity contribution in [2.24, 2.45) is 0 Å². The number of hydrogen-bond donors (Lipinski definition) is 1. The van der Waals surface area contributed by atoms with Crippen LogP contribution in [0.25, 0.3) is 0 Å². The molecule has 1 atom stereocenters. The third-order valence-electron chi connectivity index (χ3n) is 3.34. The highest BCUT2D eigenvalue weighted by molar-refractivity contribution is 7.91. The van der Waals surface area contributed by atoms with Gasteiger partial charge in [0, 0.05) is 24.0 Å². The van der Waals surface area contributed by atoms with Crippen molar-refractivity contribution in [1.82, 2.24) is 9.21 Å². The van der Waals surface area contributed by atoms with Crippen molar-refractivity contribution in [3.63, 3.8) is 0 Å². The molecular weight excluding hydrogens is 284 g/mol. The minimum absolute atomic E-state index is 0.0304. The van der Waals surface area contributed by atoms with E-state index in [1.54, 1.807) is 16.4 Å². The van der Waals surface area contributed by atoms with Crippen molar-refractivity contribution in [3.8, 4) is 0 Å². The van der Waals surface area contributed by atoms with Gasteiger partial charge in [0.05, 0.1) is 6.61 Å². The van der Waals surface area contributed by atoms with Crippen LogP contribution in [0, 0.1) is 0 Å². The molecule has 2 heterocycles. The first kappa shape index (κ1) is 14.9. The second-order valence-corrected chi connectivity index (χ2v) is 8.25. The summed E-state index contributed by atoms with van der Waals surface area (Å²) in [6.45, 7) is 4.05. The van der Waals surface area contributed by atoms with E-state index >= 15 is 0 Å². The Morgan fingerprint density at radius 2 is 2.16 bits per heavy atom. The van der Waals surface area contributed by atoms with E-state index in [2.05, 4.69) is 4.90 Å². The monoisotopic (exact) mass is 304 g/mol. The largest absolute Gasteiger partial charge is 0.391 e. The van der Waals surface area contributed by atoms with Gasteiger partial charge in [-0.2, -0.15) is 4.31 Å². The summed E-state index contributed by atoms with van der Waals surface area (Å²) in [6.07, 6.45) is 0.846. The maximum Gasteiger partial charge on any atom is 0.252 e. The summed E-state index contributed by atoms with van der Waals surface area (Å²) >= 11 is 1.15. The van der Waals surface area contributed by atoms with Crippen LogP contribution in [0.2, 0.25) is 0 Å². The minimum Gasteiger partial charge on any atom is -0.391 e. The Morgan fingerprint density at radius 1 is 1.42 bits per heavy atom. The van der Waals surface area contributed by atoms with Crippen LogP contribution in [-0.4, -0.2) is 55.5 Å². The van der Waals surface area contributed by atoms with Gasteiger partial charge in [0.1, 0.15) is 4.21 Å². The predicted molar refractivity (Wildman–Crippen MR) is 75.7 cm³/mol. The third kappa shape index (κ3) is 3.17. The molecule has 1 N–H and O–H groups in total. The van der Waals surface area contributed by atoms with Crippen molar-refractivity contribution in [1.29, 1.82) is 0 Å². The van der Waals surface area contributed by atoms with E-state index in [9.17, 15) is 8.42 Å². The number of aliphatic hydroxyl groups excluding tert-OH is 1. The summed E-state index contributed by atoms with van der Waals surface area (Å²) in [5, 5.41) is 9.05. The first-order chi connectivity index (χ1) is 8.95. The molecule has 0 bridgehead atoms. The molecule has 0 spiro atoms. The molecule has 1 unspecified atom stereocenters. The average Bonchev–Trinajstić information content (AvgIpc) is 2.76. The predicted octanol–water partition coefficient (Wildman–Crippen LogP) is 0.955. The molecule has 5 nitrogen and oxygen atoms in total. The lowest BCUT2D eigenvalue weighted by atomic mass is 10.3. The van der Waals surface area contributed by atoms with Crippen LogP contribution in [0.5, 0.6) is 0 Å². The van der Waals surface area contributed by atoms with Crippen molar-refractivity contribution < 1.29 is 13.5 Å². The van der Waals surface area contributed by atoms with E-state index in [0.29, 0.717) is 15.6 Å². The summed E-state index contributed by atoms with van der Waals surface area (Å²) in [4.78, 5) is 2.84. The number of likely N-dealkylation sites (N-methyl/N-ethyl adjacent to an activating group) is 1. The van der Waals surface area contributed by atoms with Crippen LogP contribution < -0.4 is 0 Å². The van der Waals surface area contributed by atoms with E-state index in [1.165, 1.54) is 0 Å². The summed E-state index contributed by atoms with van der Waals surface area (Å²) in [5.41, 5.74) is 0. The molecule has 0 saturated carbocycles. The molecule has 1 aliphatic heterocycles. The molecule has 1 aromatic rings. The molecule has 19 heavy (non-hydrogen) atoms. The lowest BCUT2D eigenvalue weighted by molar-refractivity contribution is 0.285. The molecular formula is C12H20N2O3S2. The van der Waals surface area contributed by atoms with Crippen molar-refractivity contribution in [3.05, 3.63) is 17.0 Å². The van der Waals surface area contributed by atoms with E-state index in [-0.39, 0.29) is 12.6 Å². The van der Waals surface area contributed by atoms with Gasteiger partial charge in [0.15, 0.2) is 0 Å².